The van der Waals surface area contributed by atoms with Crippen molar-refractivity contribution in [1.82, 2.24) is 10.8 Å². The Bertz CT molecular complexity index is 768. The molecule has 0 bridgehead atoms. The average Bonchev–Trinajstić information content (AvgIpc) is 2.74. The van der Waals surface area contributed by atoms with Gasteiger partial charge in [-0.15, -0.1) is 0 Å². The van der Waals surface area contributed by atoms with Gasteiger partial charge in [0.1, 0.15) is 0 Å². The molecule has 8 nitrogen and oxygen atoms in total. The van der Waals surface area contributed by atoms with E-state index in [9.17, 15) is 18.7 Å². The van der Waals surface area contributed by atoms with Gasteiger partial charge in [-0.05, 0) is 49.3 Å². The number of hydroxylamine groups is 1. The number of anilines is 1. The number of carbonyl (C=O) groups is 2. The number of para-hydroxylation sites is 1. The third-order valence-corrected chi connectivity index (χ3v) is 7.62. The molecule has 2 heterocycles. The lowest BCUT2D eigenvalue weighted by molar-refractivity contribution is -0.124. The van der Waals surface area contributed by atoms with E-state index in [0.29, 0.717) is 30.8 Å². The van der Waals surface area contributed by atoms with Crippen molar-refractivity contribution in [2.24, 2.45) is 5.92 Å². The van der Waals surface area contributed by atoms with Crippen molar-refractivity contribution in [2.45, 2.75) is 38.1 Å². The van der Waals surface area contributed by atoms with E-state index in [1.165, 1.54) is 6.08 Å². The summed E-state index contributed by atoms with van der Waals surface area (Å²) >= 11 is 0. The normalized spacial score (nSPS) is 21.4. The van der Waals surface area contributed by atoms with Crippen molar-refractivity contribution >= 4 is 34.2 Å². The molecule has 2 saturated heterocycles. The average molecular weight is 438 g/mol. The van der Waals surface area contributed by atoms with E-state index in [2.05, 4.69) is 10.2 Å². The molecule has 0 unspecified atom stereocenters. The number of hydrogen-bond donors (Lipinski definition) is 5. The van der Waals surface area contributed by atoms with Crippen molar-refractivity contribution in [3.63, 3.8) is 0 Å². The first-order valence-corrected chi connectivity index (χ1v) is 12.2. The maximum Gasteiger partial charge on any atom is 0.267 e. The molecule has 3 rings (SSSR count). The van der Waals surface area contributed by atoms with E-state index in [1.807, 2.05) is 24.3 Å². The minimum absolute atomic E-state index is 0.0511. The van der Waals surface area contributed by atoms with Crippen LogP contribution in [-0.2, 0) is 9.59 Å². The summed E-state index contributed by atoms with van der Waals surface area (Å²) in [4.78, 5) is 25.9. The van der Waals surface area contributed by atoms with Crippen LogP contribution < -0.4 is 15.7 Å². The molecule has 30 heavy (non-hydrogen) atoms. The molecule has 0 atom stereocenters. The van der Waals surface area contributed by atoms with E-state index >= 15 is 0 Å². The highest BCUT2D eigenvalue weighted by Crippen LogP contribution is 2.46. The summed E-state index contributed by atoms with van der Waals surface area (Å²) in [6.45, 7) is 1.60. The molecule has 5 N–H and O–H groups in total. The monoisotopic (exact) mass is 437 g/mol. The third-order valence-electron chi connectivity index (χ3n) is 5.84. The van der Waals surface area contributed by atoms with Gasteiger partial charge in [0.15, 0.2) is 0 Å². The third kappa shape index (κ3) is 6.46. The van der Waals surface area contributed by atoms with Gasteiger partial charge in [0.25, 0.3) is 5.91 Å². The van der Waals surface area contributed by atoms with Gasteiger partial charge in [0, 0.05) is 48.8 Å². The standard InChI is InChI=1S/C21H31N3O5S/c25-20(23-27)6-5-17-3-1-2-4-19(17)24-11-7-18(8-12-24)22-21(26)15-16-9-13-30(28,29)14-10-16/h1-6,16,18,27-29H,7-15H2,(H,22,26)(H,23,25)/b6-5+. The first-order chi connectivity index (χ1) is 14.4. The van der Waals surface area contributed by atoms with Gasteiger partial charge < -0.3 is 10.2 Å². The van der Waals surface area contributed by atoms with Crippen molar-refractivity contribution in [2.75, 3.05) is 29.5 Å². The molecule has 0 radical (unpaired) electrons. The van der Waals surface area contributed by atoms with Gasteiger partial charge >= 0.3 is 0 Å². The summed E-state index contributed by atoms with van der Waals surface area (Å²) in [6, 6.07) is 7.91. The molecule has 2 aliphatic rings. The molecule has 0 aliphatic carbocycles. The van der Waals surface area contributed by atoms with Crippen LogP contribution in [0.4, 0.5) is 5.69 Å². The number of nitrogens with one attached hydrogen (secondary N) is 2. The lowest BCUT2D eigenvalue weighted by atomic mass is 9.97. The zero-order valence-electron chi connectivity index (χ0n) is 17.0. The molecule has 0 aromatic heterocycles. The molecule has 2 fully saturated rings. The van der Waals surface area contributed by atoms with Crippen LogP contribution in [0.3, 0.4) is 0 Å². The highest BCUT2D eigenvalue weighted by atomic mass is 32.3. The Labute approximate surface area is 178 Å². The largest absolute Gasteiger partial charge is 0.371 e. The molecule has 2 aliphatic heterocycles. The van der Waals surface area contributed by atoms with Gasteiger partial charge in [0.05, 0.1) is 0 Å². The minimum atomic E-state index is -2.40. The Kier molecular flexibility index (Phi) is 7.76. The van der Waals surface area contributed by atoms with Crippen LogP contribution in [0.2, 0.25) is 0 Å². The predicted molar refractivity (Wildman–Crippen MR) is 119 cm³/mol. The zero-order valence-corrected chi connectivity index (χ0v) is 17.8. The smallest absolute Gasteiger partial charge is 0.267 e. The molecule has 1 aromatic rings. The van der Waals surface area contributed by atoms with Crippen molar-refractivity contribution < 1.29 is 23.9 Å². The van der Waals surface area contributed by atoms with Gasteiger partial charge in [-0.1, -0.05) is 18.2 Å². The lowest BCUT2D eigenvalue weighted by Crippen LogP contribution is -2.45. The van der Waals surface area contributed by atoms with E-state index < -0.39 is 16.5 Å². The molecular weight excluding hydrogens is 406 g/mol. The minimum Gasteiger partial charge on any atom is -0.371 e. The second-order valence-electron chi connectivity index (χ2n) is 8.05. The quantitative estimate of drug-likeness (QED) is 0.265. The fourth-order valence-electron chi connectivity index (χ4n) is 4.09. The molecule has 2 amide bonds. The predicted octanol–water partition coefficient (Wildman–Crippen LogP) is 2.84. The molecule has 166 valence electrons. The second-order valence-corrected chi connectivity index (χ2v) is 10.5. The Morgan fingerprint density at radius 1 is 1.10 bits per heavy atom. The molecule has 0 saturated carbocycles. The summed E-state index contributed by atoms with van der Waals surface area (Å²) in [5.41, 5.74) is 3.50. The Balaban J connectivity index is 1.48. The summed E-state index contributed by atoms with van der Waals surface area (Å²) in [5.74, 6) is 0.540. The van der Waals surface area contributed by atoms with Crippen molar-refractivity contribution in [1.29, 1.82) is 0 Å². The summed E-state index contributed by atoms with van der Waals surface area (Å²) in [7, 11) is -2.40. The Hall–Kier alpha value is -2.07. The maximum atomic E-state index is 12.4. The van der Waals surface area contributed by atoms with Crippen LogP contribution in [0.25, 0.3) is 6.08 Å². The second kappa shape index (κ2) is 10.3. The molecular formula is C21H31N3O5S. The fourth-order valence-corrected chi connectivity index (χ4v) is 5.72. The van der Waals surface area contributed by atoms with Crippen molar-refractivity contribution in [3.8, 4) is 0 Å². The first-order valence-electron chi connectivity index (χ1n) is 10.4. The topological polar surface area (TPSA) is 122 Å². The van der Waals surface area contributed by atoms with Gasteiger partial charge in [0.2, 0.25) is 5.91 Å². The number of rotatable bonds is 6. The maximum absolute atomic E-state index is 12.4. The Morgan fingerprint density at radius 2 is 1.77 bits per heavy atom. The van der Waals surface area contributed by atoms with Crippen LogP contribution in [0.5, 0.6) is 0 Å². The fraction of sp³-hybridized carbons (Fsp3) is 0.524. The van der Waals surface area contributed by atoms with E-state index in [4.69, 9.17) is 5.21 Å². The van der Waals surface area contributed by atoms with Crippen LogP contribution in [0.1, 0.15) is 37.7 Å². The van der Waals surface area contributed by atoms with Crippen LogP contribution in [-0.4, -0.2) is 56.8 Å². The SMILES string of the molecule is O=C(/C=C/c1ccccc1N1CCC(NC(=O)CC2CCS(O)(O)CC2)CC1)NO. The number of amides is 2. The highest BCUT2D eigenvalue weighted by Gasteiger charge is 2.27. The summed E-state index contributed by atoms with van der Waals surface area (Å²) < 4.78 is 19.4. The van der Waals surface area contributed by atoms with Crippen LogP contribution in [0, 0.1) is 5.92 Å². The first kappa shape index (κ1) is 22.6. The van der Waals surface area contributed by atoms with E-state index in [1.54, 1.807) is 11.6 Å². The number of piperidine rings is 1. The number of carbonyl (C=O) groups excluding carboxylic acids is 2. The van der Waals surface area contributed by atoms with Crippen LogP contribution in [0.15, 0.2) is 30.3 Å². The van der Waals surface area contributed by atoms with Gasteiger partial charge in [-0.3, -0.25) is 23.9 Å². The Morgan fingerprint density at radius 3 is 2.43 bits per heavy atom. The van der Waals surface area contributed by atoms with Crippen molar-refractivity contribution in [3.05, 3.63) is 35.9 Å². The van der Waals surface area contributed by atoms with E-state index in [-0.39, 0.29) is 17.9 Å². The highest BCUT2D eigenvalue weighted by molar-refractivity contribution is 8.24. The van der Waals surface area contributed by atoms with Gasteiger partial charge in [-0.2, -0.15) is 10.6 Å². The number of benzene rings is 1. The van der Waals surface area contributed by atoms with Crippen LogP contribution >= 0.6 is 10.6 Å². The molecule has 0 spiro atoms. The summed E-state index contributed by atoms with van der Waals surface area (Å²) in [5, 5.41) is 11.8. The lowest BCUT2D eigenvalue weighted by Gasteiger charge is -2.39. The van der Waals surface area contributed by atoms with Gasteiger partial charge in [-0.25, -0.2) is 5.48 Å². The molecule has 9 heteroatoms. The number of nitrogens with zero attached hydrogens (tertiary/aromatic N) is 1. The summed E-state index contributed by atoms with van der Waals surface area (Å²) in [6.07, 6.45) is 6.50. The van der Waals surface area contributed by atoms with E-state index in [0.717, 1.165) is 37.2 Å². The zero-order chi connectivity index (χ0) is 21.6. The molecule has 1 aromatic carbocycles. The number of hydrogen-bond acceptors (Lipinski definition) is 6.